The van der Waals surface area contributed by atoms with Crippen LogP contribution in [0.25, 0.3) is 0 Å². The Morgan fingerprint density at radius 1 is 1.40 bits per heavy atom. The first-order valence-electron chi connectivity index (χ1n) is 3.17. The Kier molecular flexibility index (Phi) is 2.59. The molecule has 0 heterocycles. The van der Waals surface area contributed by atoms with Gasteiger partial charge in [-0.15, -0.1) is 0 Å². The van der Waals surface area contributed by atoms with Crippen molar-refractivity contribution in [3.05, 3.63) is 29.8 Å². The summed E-state index contributed by atoms with van der Waals surface area (Å²) in [5, 5.41) is 8.94. The Morgan fingerprint density at radius 3 is 2.30 bits per heavy atom. The van der Waals surface area contributed by atoms with E-state index in [0.29, 0.717) is 9.72 Å². The molecule has 1 aromatic carbocycles. The second-order valence-corrected chi connectivity index (χ2v) is 4.48. The van der Waals surface area contributed by atoms with Crippen LogP contribution >= 0.6 is 0 Å². The van der Waals surface area contributed by atoms with Crippen LogP contribution in [0.2, 0.25) is 0 Å². The topological polar surface area (TPSA) is 20.2 Å². The van der Waals surface area contributed by atoms with E-state index in [1.807, 2.05) is 12.1 Å². The van der Waals surface area contributed by atoms with Crippen LogP contribution in [0.1, 0.15) is 17.9 Å². The molecule has 0 amide bonds. The molecule has 0 aliphatic rings. The first kappa shape index (κ1) is 7.91. The third-order valence-corrected chi connectivity index (χ3v) is 2.23. The first-order chi connectivity index (χ1) is 4.70. The molecule has 0 saturated carbocycles. The van der Waals surface area contributed by atoms with Crippen molar-refractivity contribution in [2.45, 2.75) is 10.9 Å². The van der Waals surface area contributed by atoms with Crippen molar-refractivity contribution in [2.24, 2.45) is 0 Å². The molecular formula is C8H11OTe+. The van der Waals surface area contributed by atoms with Gasteiger partial charge in [-0.1, -0.05) is 0 Å². The Balaban J connectivity index is 0.000001000. The molecule has 0 aliphatic carbocycles. The fourth-order valence-corrected chi connectivity index (χ4v) is 1.24. The standard InChI is InChI=1S/C8H10OTe/c1-6(10)7-2-4-8(9)5-3-7/h2-6,9-10H,1H3/p+1. The van der Waals surface area contributed by atoms with Crippen molar-refractivity contribution in [1.29, 1.82) is 0 Å². The molecule has 0 radical (unpaired) electrons. The van der Waals surface area contributed by atoms with E-state index in [1.165, 1.54) is 5.56 Å². The number of hydrogen-bond donors (Lipinski definition) is 1. The number of phenolic OH excluding ortho intramolecular Hbond substituents is 1. The van der Waals surface area contributed by atoms with Gasteiger partial charge >= 0.3 is 75.3 Å². The third-order valence-electron chi connectivity index (χ3n) is 1.38. The fourth-order valence-electron chi connectivity index (χ4n) is 0.753. The van der Waals surface area contributed by atoms with Crippen LogP contribution in [0.4, 0.5) is 0 Å². The van der Waals surface area contributed by atoms with Gasteiger partial charge in [0.05, 0.1) is 0 Å². The summed E-state index contributed by atoms with van der Waals surface area (Å²) in [4.78, 5) is 0. The van der Waals surface area contributed by atoms with Crippen LogP contribution in [-0.2, 0) is 0 Å². The van der Waals surface area contributed by atoms with E-state index in [9.17, 15) is 0 Å². The van der Waals surface area contributed by atoms with Crippen LogP contribution in [0, 0.1) is 0 Å². The number of phenols is 1. The van der Waals surface area contributed by atoms with Crippen molar-refractivity contribution >= 4 is 22.3 Å². The first-order valence-corrected chi connectivity index (χ1v) is 4.64. The van der Waals surface area contributed by atoms with Crippen LogP contribution in [0.15, 0.2) is 24.3 Å². The molecule has 1 atom stereocenters. The molecule has 1 rings (SSSR count). The Hall–Kier alpha value is -0.190. The molecule has 1 nitrogen and oxygen atoms in total. The molecule has 0 spiro atoms. The summed E-state index contributed by atoms with van der Waals surface area (Å²) in [6, 6.07) is 7.37. The molecule has 2 heteroatoms. The molecule has 0 bridgehead atoms. The van der Waals surface area contributed by atoms with E-state index >= 15 is 0 Å². The quantitative estimate of drug-likeness (QED) is 0.749. The van der Waals surface area contributed by atoms with Gasteiger partial charge in [-0.05, 0) is 0 Å². The molecule has 0 saturated heterocycles. The summed E-state index contributed by atoms with van der Waals surface area (Å²) >= 11 is 1.79. The third kappa shape index (κ3) is 1.90. The SMILES string of the molecule is CC([TeH])c1ccc(O)cc1.[H+]. The fraction of sp³-hybridized carbons (Fsp3) is 0.250. The van der Waals surface area contributed by atoms with Gasteiger partial charge in [0.1, 0.15) is 0 Å². The van der Waals surface area contributed by atoms with Crippen molar-refractivity contribution in [3.8, 4) is 5.75 Å². The number of aromatic hydroxyl groups is 1. The molecule has 1 unspecified atom stereocenters. The largest absolute Gasteiger partial charge is 1.00 e. The Morgan fingerprint density at radius 2 is 1.90 bits per heavy atom. The van der Waals surface area contributed by atoms with Gasteiger partial charge in [0.15, 0.2) is 0 Å². The second-order valence-electron chi connectivity index (χ2n) is 2.27. The molecule has 10 heavy (non-hydrogen) atoms. The van der Waals surface area contributed by atoms with Gasteiger partial charge in [0, 0.05) is 0 Å². The number of benzene rings is 1. The second kappa shape index (κ2) is 3.27. The smallest absolute Gasteiger partial charge is 1.00 e. The van der Waals surface area contributed by atoms with Crippen molar-refractivity contribution in [3.63, 3.8) is 0 Å². The molecule has 1 N–H and O–H groups in total. The van der Waals surface area contributed by atoms with Crippen molar-refractivity contribution in [2.75, 3.05) is 0 Å². The normalized spacial score (nSPS) is 13.0. The minimum Gasteiger partial charge on any atom is 1.00 e. The van der Waals surface area contributed by atoms with Crippen LogP contribution in [0.3, 0.4) is 0 Å². The summed E-state index contributed by atoms with van der Waals surface area (Å²) in [5.74, 6) is 0.343. The summed E-state index contributed by atoms with van der Waals surface area (Å²) in [6.07, 6.45) is 0. The monoisotopic (exact) mass is 253 g/mol. The van der Waals surface area contributed by atoms with Gasteiger partial charge in [-0.25, -0.2) is 0 Å². The van der Waals surface area contributed by atoms with E-state index in [-0.39, 0.29) is 1.43 Å². The molecule has 0 fully saturated rings. The van der Waals surface area contributed by atoms with Gasteiger partial charge in [0.2, 0.25) is 0 Å². The van der Waals surface area contributed by atoms with E-state index in [4.69, 9.17) is 5.11 Å². The minimum atomic E-state index is 0. The van der Waals surface area contributed by atoms with Crippen molar-refractivity contribution in [1.82, 2.24) is 0 Å². The summed E-state index contributed by atoms with van der Waals surface area (Å²) in [6.45, 7) is 2.15. The zero-order valence-electron chi connectivity index (χ0n) is 6.78. The summed E-state index contributed by atoms with van der Waals surface area (Å²) in [5.41, 5.74) is 1.28. The summed E-state index contributed by atoms with van der Waals surface area (Å²) < 4.78 is 0.592. The van der Waals surface area contributed by atoms with Crippen LogP contribution < -0.4 is 0 Å². The zero-order chi connectivity index (χ0) is 7.56. The molecule has 0 aliphatic heterocycles. The predicted octanol–water partition coefficient (Wildman–Crippen LogP) is 1.47. The van der Waals surface area contributed by atoms with Crippen LogP contribution in [-0.4, -0.2) is 27.4 Å². The van der Waals surface area contributed by atoms with E-state index in [1.54, 1.807) is 34.4 Å². The van der Waals surface area contributed by atoms with E-state index < -0.39 is 0 Å². The van der Waals surface area contributed by atoms with E-state index in [0.717, 1.165) is 0 Å². The van der Waals surface area contributed by atoms with Gasteiger partial charge in [0.25, 0.3) is 0 Å². The zero-order valence-corrected chi connectivity index (χ0v) is 8.33. The number of rotatable bonds is 1. The Labute approximate surface area is 75.5 Å². The van der Waals surface area contributed by atoms with Gasteiger partial charge in [-0.2, -0.15) is 0 Å². The average Bonchev–Trinajstić information content (AvgIpc) is 1.88. The molecule has 0 aromatic heterocycles. The summed E-state index contributed by atoms with van der Waals surface area (Å²) in [7, 11) is 0. The van der Waals surface area contributed by atoms with E-state index in [2.05, 4.69) is 6.92 Å². The van der Waals surface area contributed by atoms with Gasteiger partial charge < -0.3 is 0 Å². The number of hydrogen-bond acceptors (Lipinski definition) is 1. The average molecular weight is 251 g/mol. The van der Waals surface area contributed by atoms with Crippen LogP contribution in [0.5, 0.6) is 5.75 Å². The molecule has 1 aromatic rings. The van der Waals surface area contributed by atoms with Crippen molar-refractivity contribution < 1.29 is 6.53 Å². The maximum absolute atomic E-state index is 8.94. The minimum absolute atomic E-state index is 0. The molecular weight excluding hydrogens is 240 g/mol. The molecule has 54 valence electrons. The Bertz CT molecular complexity index is 208. The maximum atomic E-state index is 8.94. The maximum Gasteiger partial charge on any atom is 1.00 e. The van der Waals surface area contributed by atoms with Gasteiger partial charge in [-0.3, -0.25) is 0 Å². The predicted molar refractivity (Wildman–Crippen MR) is 44.8 cm³/mol.